The Kier molecular flexibility index (Phi) is 2.36. The molecule has 1 aromatic rings. The van der Waals surface area contributed by atoms with E-state index >= 15 is 0 Å². The van der Waals surface area contributed by atoms with Crippen LogP contribution in [0.3, 0.4) is 0 Å². The zero-order valence-corrected chi connectivity index (χ0v) is 10.5. The molecular weight excluding hydrogens is 228 g/mol. The van der Waals surface area contributed by atoms with Crippen LogP contribution < -0.4 is 5.14 Å². The van der Waals surface area contributed by atoms with Crippen molar-refractivity contribution in [3.63, 3.8) is 0 Å². The lowest BCUT2D eigenvalue weighted by Gasteiger charge is -2.19. The van der Waals surface area contributed by atoms with E-state index < -0.39 is 10.0 Å². The third-order valence-electron chi connectivity index (χ3n) is 2.50. The third kappa shape index (κ3) is 1.97. The Balaban J connectivity index is 2.62. The molecule has 1 saturated carbocycles. The Morgan fingerprint density at radius 2 is 1.88 bits per heavy atom. The maximum absolute atomic E-state index is 11.4. The van der Waals surface area contributed by atoms with Crippen LogP contribution in [-0.2, 0) is 15.4 Å². The minimum absolute atomic E-state index is 0.111. The summed E-state index contributed by atoms with van der Waals surface area (Å²) in [6.45, 7) is 5.93. The fourth-order valence-corrected chi connectivity index (χ4v) is 2.31. The lowest BCUT2D eigenvalue weighted by atomic mass is 9.96. The van der Waals surface area contributed by atoms with Crippen LogP contribution in [0.5, 0.6) is 0 Å². The van der Waals surface area contributed by atoms with Gasteiger partial charge in [0, 0.05) is 11.5 Å². The Bertz CT molecular complexity index is 508. The van der Waals surface area contributed by atoms with Crippen LogP contribution in [-0.4, -0.2) is 23.2 Å². The fourth-order valence-electron chi connectivity index (χ4n) is 1.64. The summed E-state index contributed by atoms with van der Waals surface area (Å²) in [7, 11) is -3.79. The van der Waals surface area contributed by atoms with E-state index in [0.717, 1.165) is 12.8 Å². The maximum atomic E-state index is 11.4. The minimum Gasteiger partial charge on any atom is -0.297 e. The molecule has 90 valence electrons. The van der Waals surface area contributed by atoms with Crippen molar-refractivity contribution in [2.24, 2.45) is 5.14 Å². The predicted molar refractivity (Wildman–Crippen MR) is 58.4 cm³/mol. The highest BCUT2D eigenvalue weighted by atomic mass is 32.2. The van der Waals surface area contributed by atoms with Crippen molar-refractivity contribution < 1.29 is 8.42 Å². The molecule has 6 nitrogen and oxygen atoms in total. The first-order valence-corrected chi connectivity index (χ1v) is 6.74. The van der Waals surface area contributed by atoms with Crippen LogP contribution in [0, 0.1) is 0 Å². The molecule has 0 saturated heterocycles. The molecule has 1 aliphatic carbocycles. The van der Waals surface area contributed by atoms with Gasteiger partial charge in [0.2, 0.25) is 0 Å². The van der Waals surface area contributed by atoms with Gasteiger partial charge in [-0.25, -0.2) is 13.6 Å². The van der Waals surface area contributed by atoms with Gasteiger partial charge >= 0.3 is 0 Å². The summed E-state index contributed by atoms with van der Waals surface area (Å²) >= 11 is 0. The fraction of sp³-hybridized carbons (Fsp3) is 0.778. The highest BCUT2D eigenvalue weighted by Crippen LogP contribution is 2.39. The van der Waals surface area contributed by atoms with E-state index in [0.29, 0.717) is 5.82 Å². The molecule has 1 heterocycles. The van der Waals surface area contributed by atoms with Crippen LogP contribution in [0.4, 0.5) is 0 Å². The molecule has 0 spiro atoms. The van der Waals surface area contributed by atoms with Gasteiger partial charge in [-0.3, -0.25) is 4.57 Å². The highest BCUT2D eigenvalue weighted by Gasteiger charge is 2.36. The monoisotopic (exact) mass is 244 g/mol. The second-order valence-electron chi connectivity index (χ2n) is 5.20. The van der Waals surface area contributed by atoms with Gasteiger partial charge in [0.1, 0.15) is 5.82 Å². The molecule has 0 aromatic carbocycles. The molecule has 1 aliphatic rings. The van der Waals surface area contributed by atoms with Crippen LogP contribution in [0.25, 0.3) is 0 Å². The first-order valence-electron chi connectivity index (χ1n) is 5.19. The normalized spacial score (nSPS) is 17.8. The van der Waals surface area contributed by atoms with Crippen molar-refractivity contribution in [2.75, 3.05) is 0 Å². The Morgan fingerprint density at radius 1 is 1.31 bits per heavy atom. The van der Waals surface area contributed by atoms with Gasteiger partial charge in [-0.05, 0) is 12.8 Å². The zero-order chi connectivity index (χ0) is 12.1. The summed E-state index contributed by atoms with van der Waals surface area (Å²) in [6, 6.07) is 0.192. The second kappa shape index (κ2) is 3.27. The molecule has 7 heteroatoms. The Hall–Kier alpha value is -0.950. The summed E-state index contributed by atoms with van der Waals surface area (Å²) in [5.74, 6) is 0.680. The van der Waals surface area contributed by atoms with Crippen LogP contribution in [0.1, 0.15) is 45.5 Å². The van der Waals surface area contributed by atoms with Crippen molar-refractivity contribution in [1.29, 1.82) is 0 Å². The number of nitrogens with two attached hydrogens (primary N) is 1. The van der Waals surface area contributed by atoms with E-state index in [1.54, 1.807) is 4.57 Å². The number of nitrogens with zero attached hydrogens (tertiary/aromatic N) is 3. The summed E-state index contributed by atoms with van der Waals surface area (Å²) in [4.78, 5) is 0. The average Bonchev–Trinajstić information content (AvgIpc) is 2.79. The average molecular weight is 244 g/mol. The summed E-state index contributed by atoms with van der Waals surface area (Å²) in [6.07, 6.45) is 1.92. The number of hydrogen-bond donors (Lipinski definition) is 1. The molecule has 0 atom stereocenters. The van der Waals surface area contributed by atoms with E-state index in [2.05, 4.69) is 10.2 Å². The van der Waals surface area contributed by atoms with Crippen LogP contribution in [0.15, 0.2) is 5.16 Å². The van der Waals surface area contributed by atoms with Crippen molar-refractivity contribution in [2.45, 2.75) is 50.2 Å². The molecule has 2 rings (SSSR count). The number of hydrogen-bond acceptors (Lipinski definition) is 4. The quantitative estimate of drug-likeness (QED) is 0.822. The number of primary sulfonamides is 1. The summed E-state index contributed by atoms with van der Waals surface area (Å²) in [5, 5.41) is 12.7. The van der Waals surface area contributed by atoms with Gasteiger partial charge in [-0.15, -0.1) is 10.2 Å². The van der Waals surface area contributed by atoms with E-state index in [1.807, 2.05) is 20.8 Å². The number of rotatable bonds is 2. The van der Waals surface area contributed by atoms with E-state index in [4.69, 9.17) is 5.14 Å². The molecule has 0 unspecified atom stereocenters. The van der Waals surface area contributed by atoms with Gasteiger partial charge in [0.25, 0.3) is 15.2 Å². The van der Waals surface area contributed by atoms with E-state index in [9.17, 15) is 8.42 Å². The smallest absolute Gasteiger partial charge is 0.273 e. The molecular formula is C9H16N4O2S. The Labute approximate surface area is 94.9 Å². The SMILES string of the molecule is CC(C)(C)c1nnc(S(N)(=O)=O)n1C1CC1. The van der Waals surface area contributed by atoms with Crippen molar-refractivity contribution in [1.82, 2.24) is 14.8 Å². The first-order chi connectivity index (χ1) is 7.21. The molecule has 1 aromatic heterocycles. The molecule has 0 aliphatic heterocycles. The van der Waals surface area contributed by atoms with E-state index in [1.165, 1.54) is 0 Å². The lowest BCUT2D eigenvalue weighted by molar-refractivity contribution is 0.483. The van der Waals surface area contributed by atoms with Crippen LogP contribution in [0.2, 0.25) is 0 Å². The molecule has 16 heavy (non-hydrogen) atoms. The topological polar surface area (TPSA) is 90.9 Å². The second-order valence-corrected chi connectivity index (χ2v) is 6.66. The number of sulfonamides is 1. The molecule has 0 bridgehead atoms. The van der Waals surface area contributed by atoms with Gasteiger partial charge in [-0.2, -0.15) is 0 Å². The Morgan fingerprint density at radius 3 is 2.25 bits per heavy atom. The number of aromatic nitrogens is 3. The van der Waals surface area contributed by atoms with Crippen molar-refractivity contribution in [3.8, 4) is 0 Å². The standard InChI is InChI=1S/C9H16N4O2S/c1-9(2,3)7-11-12-8(16(10,14)15)13(7)6-4-5-6/h6H,4-5H2,1-3H3,(H2,10,14,15). The van der Waals surface area contributed by atoms with Crippen molar-refractivity contribution in [3.05, 3.63) is 5.82 Å². The lowest BCUT2D eigenvalue weighted by Crippen LogP contribution is -2.23. The summed E-state index contributed by atoms with van der Waals surface area (Å²) in [5.41, 5.74) is -0.238. The molecule has 0 radical (unpaired) electrons. The zero-order valence-electron chi connectivity index (χ0n) is 9.64. The largest absolute Gasteiger partial charge is 0.297 e. The third-order valence-corrected chi connectivity index (χ3v) is 3.29. The maximum Gasteiger partial charge on any atom is 0.273 e. The van der Waals surface area contributed by atoms with Gasteiger partial charge in [-0.1, -0.05) is 20.8 Å². The van der Waals surface area contributed by atoms with Crippen LogP contribution >= 0.6 is 0 Å². The highest BCUT2D eigenvalue weighted by molar-refractivity contribution is 7.89. The minimum atomic E-state index is -3.79. The molecule has 1 fully saturated rings. The van der Waals surface area contributed by atoms with Gasteiger partial charge in [0.05, 0.1) is 0 Å². The first kappa shape index (κ1) is 11.5. The molecule has 2 N–H and O–H groups in total. The van der Waals surface area contributed by atoms with E-state index in [-0.39, 0.29) is 16.6 Å². The van der Waals surface area contributed by atoms with Gasteiger partial charge < -0.3 is 0 Å². The van der Waals surface area contributed by atoms with Crippen molar-refractivity contribution >= 4 is 10.0 Å². The van der Waals surface area contributed by atoms with Gasteiger partial charge in [0.15, 0.2) is 0 Å². The summed E-state index contributed by atoms with van der Waals surface area (Å²) < 4.78 is 24.4. The molecule has 0 amide bonds. The predicted octanol–water partition coefficient (Wildman–Crippen LogP) is 0.558.